The van der Waals surface area contributed by atoms with E-state index in [9.17, 15) is 13.2 Å². The van der Waals surface area contributed by atoms with Crippen LogP contribution in [0.2, 0.25) is 0 Å². The molecule has 0 saturated heterocycles. The van der Waals surface area contributed by atoms with Crippen molar-refractivity contribution in [2.45, 2.75) is 17.1 Å². The van der Waals surface area contributed by atoms with Crippen molar-refractivity contribution in [2.24, 2.45) is 0 Å². The van der Waals surface area contributed by atoms with Gasteiger partial charge in [0.15, 0.2) is 0 Å². The van der Waals surface area contributed by atoms with Crippen LogP contribution in [0.3, 0.4) is 0 Å². The quantitative estimate of drug-likeness (QED) is 0.725. The number of alkyl halides is 5. The lowest BCUT2D eigenvalue weighted by Crippen LogP contribution is -2.41. The van der Waals surface area contributed by atoms with Gasteiger partial charge >= 0.3 is 4.83 Å². The van der Waals surface area contributed by atoms with E-state index in [0.29, 0.717) is 0 Å². The number of hydrogen-bond donors (Lipinski definition) is 0. The zero-order valence-corrected chi connectivity index (χ0v) is 8.88. The van der Waals surface area contributed by atoms with Gasteiger partial charge in [-0.25, -0.2) is 4.39 Å². The molecule has 0 aromatic carbocycles. The summed E-state index contributed by atoms with van der Waals surface area (Å²) in [5.74, 6) is -2.93. The maximum absolute atomic E-state index is 13.0. The standard InChI is InChI=1S/C5H7Br2F3O/c1-11-4(8,2-3-6)5(7,9)10/h2-3H2,1H3. The fraction of sp³-hybridized carbons (Fsp3) is 1.00. The largest absolute Gasteiger partial charge is 0.358 e. The van der Waals surface area contributed by atoms with Crippen LogP contribution in [0.4, 0.5) is 13.2 Å². The summed E-state index contributed by atoms with van der Waals surface area (Å²) in [6, 6.07) is 0. The summed E-state index contributed by atoms with van der Waals surface area (Å²) < 4.78 is 41.7. The Morgan fingerprint density at radius 3 is 1.91 bits per heavy atom. The van der Waals surface area contributed by atoms with E-state index in [1.807, 2.05) is 15.9 Å². The normalized spacial score (nSPS) is 18.0. The van der Waals surface area contributed by atoms with Gasteiger partial charge in [-0.05, 0) is 15.9 Å². The summed E-state index contributed by atoms with van der Waals surface area (Å²) in [5.41, 5.74) is 0. The summed E-state index contributed by atoms with van der Waals surface area (Å²) in [6.07, 6.45) is -0.415. The van der Waals surface area contributed by atoms with Crippen molar-refractivity contribution >= 4 is 31.9 Å². The van der Waals surface area contributed by atoms with Gasteiger partial charge in [0.1, 0.15) is 0 Å². The molecule has 68 valence electrons. The molecule has 0 aromatic heterocycles. The smallest absolute Gasteiger partial charge is 0.344 e. The highest BCUT2D eigenvalue weighted by Crippen LogP contribution is 2.41. The highest BCUT2D eigenvalue weighted by Gasteiger charge is 2.53. The van der Waals surface area contributed by atoms with Crippen molar-refractivity contribution < 1.29 is 17.9 Å². The molecule has 1 nitrogen and oxygen atoms in total. The van der Waals surface area contributed by atoms with Crippen LogP contribution < -0.4 is 0 Å². The average molecular weight is 300 g/mol. The molecular weight excluding hydrogens is 293 g/mol. The first-order valence-electron chi connectivity index (χ1n) is 2.74. The van der Waals surface area contributed by atoms with E-state index in [4.69, 9.17) is 0 Å². The first-order chi connectivity index (χ1) is 4.87. The molecule has 0 radical (unpaired) electrons. The van der Waals surface area contributed by atoms with E-state index in [1.54, 1.807) is 0 Å². The van der Waals surface area contributed by atoms with Gasteiger partial charge in [0, 0.05) is 18.9 Å². The SMILES string of the molecule is COC(F)(CCBr)C(F)(F)Br. The Kier molecular flexibility index (Phi) is 4.36. The van der Waals surface area contributed by atoms with Crippen LogP contribution in [-0.4, -0.2) is 23.1 Å². The Bertz CT molecular complexity index is 127. The van der Waals surface area contributed by atoms with Gasteiger partial charge in [-0.15, -0.1) is 0 Å². The van der Waals surface area contributed by atoms with Gasteiger partial charge in [-0.3, -0.25) is 0 Å². The second-order valence-corrected chi connectivity index (χ2v) is 3.66. The second-order valence-electron chi connectivity index (χ2n) is 1.87. The molecule has 0 saturated carbocycles. The van der Waals surface area contributed by atoms with Crippen LogP contribution in [0.5, 0.6) is 0 Å². The molecule has 0 bridgehead atoms. The van der Waals surface area contributed by atoms with Crippen LogP contribution >= 0.6 is 31.9 Å². The first kappa shape index (κ1) is 11.7. The number of rotatable bonds is 4. The summed E-state index contributed by atoms with van der Waals surface area (Å²) in [4.78, 5) is -3.65. The lowest BCUT2D eigenvalue weighted by Gasteiger charge is -2.27. The third kappa shape index (κ3) is 2.91. The minimum absolute atomic E-state index is 0.110. The topological polar surface area (TPSA) is 9.23 Å². The monoisotopic (exact) mass is 298 g/mol. The molecule has 0 aliphatic carbocycles. The van der Waals surface area contributed by atoms with Crippen molar-refractivity contribution in [3.05, 3.63) is 0 Å². The molecule has 1 unspecified atom stereocenters. The number of ether oxygens (including phenoxy) is 1. The van der Waals surface area contributed by atoms with Gasteiger partial charge in [-0.2, -0.15) is 8.78 Å². The van der Waals surface area contributed by atoms with Crippen molar-refractivity contribution in [1.29, 1.82) is 0 Å². The van der Waals surface area contributed by atoms with Crippen LogP contribution in [0.15, 0.2) is 0 Å². The van der Waals surface area contributed by atoms with Crippen molar-refractivity contribution in [3.63, 3.8) is 0 Å². The van der Waals surface area contributed by atoms with Crippen LogP contribution in [0.1, 0.15) is 6.42 Å². The third-order valence-electron chi connectivity index (χ3n) is 1.16. The highest BCUT2D eigenvalue weighted by molar-refractivity contribution is 9.10. The van der Waals surface area contributed by atoms with E-state index in [2.05, 4.69) is 20.7 Å². The van der Waals surface area contributed by atoms with E-state index >= 15 is 0 Å². The molecule has 0 spiro atoms. The Balaban J connectivity index is 4.33. The summed E-state index contributed by atoms with van der Waals surface area (Å²) in [7, 11) is 0.901. The Hall–Kier alpha value is 0.710. The van der Waals surface area contributed by atoms with Crippen molar-refractivity contribution in [2.75, 3.05) is 12.4 Å². The molecule has 0 aliphatic heterocycles. The highest BCUT2D eigenvalue weighted by atomic mass is 79.9. The summed E-state index contributed by atoms with van der Waals surface area (Å²) in [5, 5.41) is 0.110. The fourth-order valence-electron chi connectivity index (χ4n) is 0.481. The van der Waals surface area contributed by atoms with Crippen LogP contribution in [-0.2, 0) is 4.74 Å². The van der Waals surface area contributed by atoms with Gasteiger partial charge < -0.3 is 4.74 Å². The maximum Gasteiger partial charge on any atom is 0.358 e. The number of methoxy groups -OCH3 is 1. The lowest BCUT2D eigenvalue weighted by atomic mass is 10.2. The molecular formula is C5H7Br2F3O. The van der Waals surface area contributed by atoms with Crippen LogP contribution in [0.25, 0.3) is 0 Å². The Morgan fingerprint density at radius 2 is 1.82 bits per heavy atom. The molecule has 11 heavy (non-hydrogen) atoms. The minimum atomic E-state index is -3.65. The molecule has 6 heteroatoms. The third-order valence-corrected chi connectivity index (χ3v) is 2.15. The fourth-order valence-corrected chi connectivity index (χ4v) is 1.35. The zero-order chi connectivity index (χ0) is 9.12. The van der Waals surface area contributed by atoms with Crippen molar-refractivity contribution in [3.8, 4) is 0 Å². The number of hydrogen-bond acceptors (Lipinski definition) is 1. The van der Waals surface area contributed by atoms with Gasteiger partial charge in [0.05, 0.1) is 0 Å². The van der Waals surface area contributed by atoms with E-state index in [-0.39, 0.29) is 5.33 Å². The van der Waals surface area contributed by atoms with E-state index < -0.39 is 17.1 Å². The maximum atomic E-state index is 13.0. The molecule has 0 N–H and O–H groups in total. The van der Waals surface area contributed by atoms with Gasteiger partial charge in [0.2, 0.25) is 0 Å². The van der Waals surface area contributed by atoms with Gasteiger partial charge in [0.25, 0.3) is 5.85 Å². The van der Waals surface area contributed by atoms with E-state index in [1.165, 1.54) is 0 Å². The van der Waals surface area contributed by atoms with Gasteiger partial charge in [-0.1, -0.05) is 15.9 Å². The average Bonchev–Trinajstić information content (AvgIpc) is 1.86. The molecule has 0 heterocycles. The Labute approximate surface area is 79.5 Å². The number of halogens is 5. The Morgan fingerprint density at radius 1 is 1.36 bits per heavy atom. The van der Waals surface area contributed by atoms with Crippen LogP contribution in [0, 0.1) is 0 Å². The summed E-state index contributed by atoms with van der Waals surface area (Å²) >= 11 is 4.75. The molecule has 0 amide bonds. The second kappa shape index (κ2) is 4.09. The zero-order valence-electron chi connectivity index (χ0n) is 5.71. The molecule has 0 fully saturated rings. The summed E-state index contributed by atoms with van der Waals surface area (Å²) in [6.45, 7) is 0. The molecule has 0 aliphatic rings. The predicted molar refractivity (Wildman–Crippen MR) is 43.1 cm³/mol. The van der Waals surface area contributed by atoms with Crippen molar-refractivity contribution in [1.82, 2.24) is 0 Å². The lowest BCUT2D eigenvalue weighted by molar-refractivity contribution is -0.220. The molecule has 0 rings (SSSR count). The predicted octanol–water partition coefficient (Wildman–Crippen LogP) is 3.07. The molecule has 1 atom stereocenters. The van der Waals surface area contributed by atoms with E-state index in [0.717, 1.165) is 7.11 Å². The molecule has 0 aromatic rings. The first-order valence-corrected chi connectivity index (χ1v) is 4.65. The minimum Gasteiger partial charge on any atom is -0.344 e.